The van der Waals surface area contributed by atoms with Gasteiger partial charge in [0.05, 0.1) is 0 Å². The summed E-state index contributed by atoms with van der Waals surface area (Å²) in [6.45, 7) is 6.16. The Morgan fingerprint density at radius 1 is 0.627 bits per heavy atom. The highest BCUT2D eigenvalue weighted by Gasteiger charge is 2.29. The molecule has 0 aliphatic rings. The van der Waals surface area contributed by atoms with Crippen molar-refractivity contribution in [1.82, 2.24) is 16.0 Å². The second-order valence-corrected chi connectivity index (χ2v) is 12.7. The van der Waals surface area contributed by atoms with Crippen molar-refractivity contribution in [2.24, 2.45) is 0 Å². The Morgan fingerprint density at radius 3 is 1.63 bits per heavy atom. The highest BCUT2D eigenvalue weighted by molar-refractivity contribution is 6.30. The fraction of sp³-hybridized carbons (Fsp3) is 0.381. The summed E-state index contributed by atoms with van der Waals surface area (Å²) in [4.78, 5) is 49.7. The number of benzene rings is 2. The highest BCUT2D eigenvalue weighted by Crippen LogP contribution is 2.21. The van der Waals surface area contributed by atoms with Crippen LogP contribution in [0.15, 0.2) is 109 Å². The fourth-order valence-corrected chi connectivity index (χ4v) is 4.74. The SMILES string of the molecule is CC/C=C\C/C=C\C/C=C\C/C=C\C/C=C\CCCC(=O)NCCNC(=O)CCNC(=O)C(C)(C)Oc1ccc(C(=O)c2ccc(Cl)cc2)cc1. The molecule has 2 aromatic carbocycles. The summed E-state index contributed by atoms with van der Waals surface area (Å²) in [5.41, 5.74) is -0.212. The van der Waals surface area contributed by atoms with Crippen molar-refractivity contribution in [1.29, 1.82) is 0 Å². The molecule has 0 aliphatic carbocycles. The maximum atomic E-state index is 12.7. The average molecular weight is 716 g/mol. The maximum absolute atomic E-state index is 12.7. The second kappa shape index (κ2) is 25.3. The molecule has 9 heteroatoms. The molecule has 3 N–H and O–H groups in total. The molecule has 0 aromatic heterocycles. The number of amides is 3. The summed E-state index contributed by atoms with van der Waals surface area (Å²) < 4.78 is 5.87. The van der Waals surface area contributed by atoms with Crippen molar-refractivity contribution >= 4 is 35.1 Å². The van der Waals surface area contributed by atoms with Crippen LogP contribution in [0.4, 0.5) is 0 Å². The van der Waals surface area contributed by atoms with Crippen LogP contribution in [-0.2, 0) is 14.4 Å². The molecule has 2 rings (SSSR count). The fourth-order valence-electron chi connectivity index (χ4n) is 4.62. The first-order chi connectivity index (χ1) is 24.6. The van der Waals surface area contributed by atoms with E-state index in [1.807, 2.05) is 0 Å². The van der Waals surface area contributed by atoms with Crippen molar-refractivity contribution < 1.29 is 23.9 Å². The lowest BCUT2D eigenvalue weighted by molar-refractivity contribution is -0.134. The van der Waals surface area contributed by atoms with Crippen molar-refractivity contribution in [2.75, 3.05) is 19.6 Å². The van der Waals surface area contributed by atoms with Crippen LogP contribution in [0.3, 0.4) is 0 Å². The monoisotopic (exact) mass is 715 g/mol. The molecule has 274 valence electrons. The normalized spacial score (nSPS) is 12.0. The number of ether oxygens (including phenoxy) is 1. The van der Waals surface area contributed by atoms with Gasteiger partial charge in [-0.25, -0.2) is 0 Å². The quantitative estimate of drug-likeness (QED) is 0.0574. The Bertz CT molecular complexity index is 1510. The Hall–Kier alpha value is -4.69. The van der Waals surface area contributed by atoms with Crippen LogP contribution in [0, 0.1) is 0 Å². The van der Waals surface area contributed by atoms with Gasteiger partial charge in [0.25, 0.3) is 5.91 Å². The lowest BCUT2D eigenvalue weighted by atomic mass is 10.0. The van der Waals surface area contributed by atoms with Crippen LogP contribution < -0.4 is 20.7 Å². The second-order valence-electron chi connectivity index (χ2n) is 12.3. The first-order valence-electron chi connectivity index (χ1n) is 17.8. The topological polar surface area (TPSA) is 114 Å². The molecule has 8 nitrogen and oxygen atoms in total. The lowest BCUT2D eigenvalue weighted by Gasteiger charge is -2.25. The van der Waals surface area contributed by atoms with Crippen LogP contribution in [0.1, 0.15) is 94.5 Å². The number of hydrogen-bond acceptors (Lipinski definition) is 5. The largest absolute Gasteiger partial charge is 0.478 e. The minimum absolute atomic E-state index is 0.0473. The van der Waals surface area contributed by atoms with Gasteiger partial charge in [0.2, 0.25) is 11.8 Å². The molecule has 0 radical (unpaired) electrons. The van der Waals surface area contributed by atoms with E-state index >= 15 is 0 Å². The average Bonchev–Trinajstić information content (AvgIpc) is 3.11. The number of hydrogen-bond donors (Lipinski definition) is 3. The van der Waals surface area contributed by atoms with Crippen LogP contribution in [0.25, 0.3) is 0 Å². The summed E-state index contributed by atoms with van der Waals surface area (Å²) in [7, 11) is 0. The van der Waals surface area contributed by atoms with Gasteiger partial charge in [-0.3, -0.25) is 19.2 Å². The molecule has 0 aliphatic heterocycles. The van der Waals surface area contributed by atoms with E-state index in [1.54, 1.807) is 62.4 Å². The third-order valence-corrected chi connectivity index (χ3v) is 7.73. The molecule has 0 spiro atoms. The predicted octanol–water partition coefficient (Wildman–Crippen LogP) is 8.39. The van der Waals surface area contributed by atoms with Gasteiger partial charge in [-0.15, -0.1) is 0 Å². The first kappa shape index (κ1) is 42.5. The highest BCUT2D eigenvalue weighted by atomic mass is 35.5. The Balaban J connectivity index is 1.50. The molecular formula is C42H54ClN3O5. The smallest absolute Gasteiger partial charge is 0.263 e. The standard InChI is InChI=1S/C42H54ClN3O5/c1-4-5-6-7-8-9-10-11-12-13-14-15-16-17-18-19-20-21-38(47)44-32-33-45-39(48)30-31-46-41(50)42(2,3)51-37-28-24-35(25-29-37)40(49)34-22-26-36(43)27-23-34/h5-6,8-9,11-12,14-15,17-18,22-29H,4,7,10,13,16,19-21,30-33H2,1-3H3,(H,44,47)(H,45,48)(H,46,50)/b6-5-,9-8-,12-11-,15-14-,18-17-. The molecular weight excluding hydrogens is 662 g/mol. The summed E-state index contributed by atoms with van der Waals surface area (Å²) in [6, 6.07) is 13.2. The minimum Gasteiger partial charge on any atom is -0.478 e. The molecule has 0 atom stereocenters. The molecule has 51 heavy (non-hydrogen) atoms. The van der Waals surface area contributed by atoms with Crippen molar-refractivity contribution in [3.63, 3.8) is 0 Å². The summed E-state index contributed by atoms with van der Waals surface area (Å²) >= 11 is 5.90. The molecule has 0 bridgehead atoms. The van der Waals surface area contributed by atoms with E-state index in [9.17, 15) is 19.2 Å². The van der Waals surface area contributed by atoms with Crippen LogP contribution >= 0.6 is 11.6 Å². The Labute approximate surface area is 309 Å². The molecule has 0 heterocycles. The van der Waals surface area contributed by atoms with Crippen molar-refractivity contribution in [3.05, 3.63) is 125 Å². The van der Waals surface area contributed by atoms with Gasteiger partial charge in [0.1, 0.15) is 5.75 Å². The zero-order chi connectivity index (χ0) is 37.2. The molecule has 0 saturated carbocycles. The van der Waals surface area contributed by atoms with Crippen LogP contribution in [0.2, 0.25) is 5.02 Å². The Kier molecular flexibility index (Phi) is 21.1. The number of carbonyl (C=O) groups excluding carboxylic acids is 4. The van der Waals surface area contributed by atoms with Crippen molar-refractivity contribution in [2.45, 2.75) is 84.2 Å². The van der Waals surface area contributed by atoms with Crippen LogP contribution in [-0.4, -0.2) is 48.7 Å². The first-order valence-corrected chi connectivity index (χ1v) is 18.2. The third kappa shape index (κ3) is 19.3. The van der Waals surface area contributed by atoms with E-state index < -0.39 is 5.60 Å². The van der Waals surface area contributed by atoms with E-state index in [0.717, 1.165) is 44.9 Å². The van der Waals surface area contributed by atoms with E-state index in [2.05, 4.69) is 83.6 Å². The number of rotatable bonds is 24. The van der Waals surface area contributed by atoms with Gasteiger partial charge >= 0.3 is 0 Å². The maximum Gasteiger partial charge on any atom is 0.263 e. The van der Waals surface area contributed by atoms with Gasteiger partial charge in [0.15, 0.2) is 11.4 Å². The number of nitrogens with one attached hydrogen (secondary N) is 3. The van der Waals surface area contributed by atoms with Gasteiger partial charge in [-0.05, 0) is 107 Å². The zero-order valence-electron chi connectivity index (χ0n) is 30.3. The zero-order valence-corrected chi connectivity index (χ0v) is 31.1. The number of carbonyl (C=O) groups is 4. The van der Waals surface area contributed by atoms with Gasteiger partial charge in [-0.1, -0.05) is 79.3 Å². The minimum atomic E-state index is -1.21. The number of unbranched alkanes of at least 4 members (excludes halogenated alkanes) is 1. The molecule has 0 fully saturated rings. The number of ketones is 1. The summed E-state index contributed by atoms with van der Waals surface area (Å²) in [5.74, 6) is -0.384. The number of halogens is 1. The molecule has 0 unspecified atom stereocenters. The molecule has 0 saturated heterocycles. The lowest BCUT2D eigenvalue weighted by Crippen LogP contribution is -2.47. The van der Waals surface area contributed by atoms with E-state index in [0.29, 0.717) is 41.4 Å². The van der Waals surface area contributed by atoms with Gasteiger partial charge in [-0.2, -0.15) is 0 Å². The molecule has 3 amide bonds. The summed E-state index contributed by atoms with van der Waals surface area (Å²) in [5, 5.41) is 8.85. The molecule has 2 aromatic rings. The summed E-state index contributed by atoms with van der Waals surface area (Å²) in [6.07, 6.45) is 28.6. The van der Waals surface area contributed by atoms with Crippen molar-refractivity contribution in [3.8, 4) is 5.75 Å². The van der Waals surface area contributed by atoms with Gasteiger partial charge < -0.3 is 20.7 Å². The predicted molar refractivity (Wildman–Crippen MR) is 208 cm³/mol. The van der Waals surface area contributed by atoms with E-state index in [4.69, 9.17) is 16.3 Å². The van der Waals surface area contributed by atoms with E-state index in [1.165, 1.54) is 0 Å². The van der Waals surface area contributed by atoms with Crippen LogP contribution in [0.5, 0.6) is 5.75 Å². The number of allylic oxidation sites excluding steroid dienone is 10. The van der Waals surface area contributed by atoms with E-state index in [-0.39, 0.29) is 36.5 Å². The Morgan fingerprint density at radius 2 is 1.10 bits per heavy atom. The van der Waals surface area contributed by atoms with Gasteiger partial charge in [0, 0.05) is 48.6 Å². The third-order valence-electron chi connectivity index (χ3n) is 7.48.